The number of benzene rings is 4. The second-order valence-corrected chi connectivity index (χ2v) is 8.24. The number of H-pyrrole nitrogens is 1. The van der Waals surface area contributed by atoms with E-state index in [1.54, 1.807) is 0 Å². The fraction of sp³-hybridized carbons (Fsp3) is 0.107. The van der Waals surface area contributed by atoms with Crippen molar-refractivity contribution in [2.75, 3.05) is 0 Å². The molecule has 0 unspecified atom stereocenters. The van der Waals surface area contributed by atoms with Crippen molar-refractivity contribution in [3.63, 3.8) is 0 Å². The standard InChI is InChI=1S/C28H24FN5/c29-25-16-12-23(13-17-25)20-34(18-21-6-2-1-3-7-21)19-22-10-14-24(15-11-22)26-8-4-5-9-27(26)28-30-32-33-31-28/h1-17H,18-20H2,(H,30,31,32,33). The molecule has 0 bridgehead atoms. The number of hydrogen-bond acceptors (Lipinski definition) is 4. The van der Waals surface area contributed by atoms with Crippen molar-refractivity contribution in [1.29, 1.82) is 0 Å². The second-order valence-electron chi connectivity index (χ2n) is 8.24. The van der Waals surface area contributed by atoms with Crippen LogP contribution in [0, 0.1) is 5.82 Å². The van der Waals surface area contributed by atoms with Crippen molar-refractivity contribution in [3.8, 4) is 22.5 Å². The van der Waals surface area contributed by atoms with E-state index in [2.05, 4.69) is 80.1 Å². The molecular formula is C28H24FN5. The lowest BCUT2D eigenvalue weighted by molar-refractivity contribution is 0.247. The van der Waals surface area contributed by atoms with Crippen LogP contribution in [-0.2, 0) is 19.6 Å². The molecule has 168 valence electrons. The molecular weight excluding hydrogens is 425 g/mol. The van der Waals surface area contributed by atoms with Gasteiger partial charge >= 0.3 is 0 Å². The number of rotatable bonds is 8. The van der Waals surface area contributed by atoms with Crippen LogP contribution in [0.25, 0.3) is 22.5 Å². The number of hydrogen-bond donors (Lipinski definition) is 1. The minimum absolute atomic E-state index is 0.213. The number of nitrogens with zero attached hydrogens (tertiary/aromatic N) is 4. The normalized spacial score (nSPS) is 11.1. The fourth-order valence-electron chi connectivity index (χ4n) is 4.11. The van der Waals surface area contributed by atoms with Gasteiger partial charge in [-0.3, -0.25) is 4.90 Å². The van der Waals surface area contributed by atoms with Crippen LogP contribution in [0.3, 0.4) is 0 Å². The Kier molecular flexibility index (Phi) is 6.49. The summed E-state index contributed by atoms with van der Waals surface area (Å²) in [6.07, 6.45) is 0. The third-order valence-corrected chi connectivity index (χ3v) is 5.75. The summed E-state index contributed by atoms with van der Waals surface area (Å²) in [5.41, 5.74) is 6.63. The van der Waals surface area contributed by atoms with Crippen LogP contribution in [-0.4, -0.2) is 25.5 Å². The Hall–Kier alpha value is -4.16. The number of aromatic amines is 1. The first kappa shape index (κ1) is 21.7. The van der Waals surface area contributed by atoms with Gasteiger partial charge in [0, 0.05) is 25.2 Å². The first-order valence-corrected chi connectivity index (χ1v) is 11.2. The second kappa shape index (κ2) is 10.2. The van der Waals surface area contributed by atoms with Crippen LogP contribution in [0.15, 0.2) is 103 Å². The van der Waals surface area contributed by atoms with E-state index in [1.807, 2.05) is 36.4 Å². The summed E-state index contributed by atoms with van der Waals surface area (Å²) in [6.45, 7) is 2.32. The first-order chi connectivity index (χ1) is 16.7. The lowest BCUT2D eigenvalue weighted by Crippen LogP contribution is -2.22. The molecule has 0 spiro atoms. The molecule has 0 atom stereocenters. The fourth-order valence-corrected chi connectivity index (χ4v) is 4.11. The van der Waals surface area contributed by atoms with Crippen LogP contribution in [0.5, 0.6) is 0 Å². The van der Waals surface area contributed by atoms with E-state index in [0.717, 1.165) is 41.9 Å². The van der Waals surface area contributed by atoms with Gasteiger partial charge in [0.15, 0.2) is 0 Å². The molecule has 6 heteroatoms. The van der Waals surface area contributed by atoms with Crippen LogP contribution in [0.1, 0.15) is 16.7 Å². The zero-order valence-electron chi connectivity index (χ0n) is 18.6. The Morgan fingerprint density at radius 3 is 1.79 bits per heavy atom. The molecule has 0 saturated carbocycles. The highest BCUT2D eigenvalue weighted by atomic mass is 19.1. The number of halogens is 1. The highest BCUT2D eigenvalue weighted by molar-refractivity contribution is 5.80. The van der Waals surface area contributed by atoms with E-state index in [-0.39, 0.29) is 5.82 Å². The summed E-state index contributed by atoms with van der Waals surface area (Å²) in [4.78, 5) is 2.37. The highest BCUT2D eigenvalue weighted by Gasteiger charge is 2.12. The molecule has 1 aromatic heterocycles. The SMILES string of the molecule is Fc1ccc(CN(Cc2ccccc2)Cc2ccc(-c3ccccc3-c3nn[nH]n3)cc2)cc1. The number of tetrazole rings is 1. The van der Waals surface area contributed by atoms with Crippen molar-refractivity contribution >= 4 is 0 Å². The van der Waals surface area contributed by atoms with E-state index in [4.69, 9.17) is 0 Å². The Morgan fingerprint density at radius 1 is 0.618 bits per heavy atom. The summed E-state index contributed by atoms with van der Waals surface area (Å²) in [5.74, 6) is 0.364. The zero-order valence-corrected chi connectivity index (χ0v) is 18.6. The Morgan fingerprint density at radius 2 is 1.18 bits per heavy atom. The lowest BCUT2D eigenvalue weighted by atomic mass is 9.98. The summed E-state index contributed by atoms with van der Waals surface area (Å²) in [6, 6.07) is 33.8. The maximum absolute atomic E-state index is 13.4. The smallest absolute Gasteiger partial charge is 0.205 e. The van der Waals surface area contributed by atoms with Gasteiger partial charge in [0.1, 0.15) is 5.82 Å². The van der Waals surface area contributed by atoms with Gasteiger partial charge in [0.25, 0.3) is 0 Å². The number of nitrogens with one attached hydrogen (secondary N) is 1. The van der Waals surface area contributed by atoms with Crippen molar-refractivity contribution in [2.45, 2.75) is 19.6 Å². The van der Waals surface area contributed by atoms with E-state index in [0.29, 0.717) is 5.82 Å². The molecule has 0 aliphatic rings. The van der Waals surface area contributed by atoms with Crippen LogP contribution in [0.2, 0.25) is 0 Å². The van der Waals surface area contributed by atoms with Crippen molar-refractivity contribution in [1.82, 2.24) is 25.5 Å². The summed E-state index contributed by atoms with van der Waals surface area (Å²) in [5, 5.41) is 14.5. The molecule has 4 aromatic carbocycles. The third-order valence-electron chi connectivity index (χ3n) is 5.75. The van der Waals surface area contributed by atoms with Crippen LogP contribution >= 0.6 is 0 Å². The molecule has 5 aromatic rings. The van der Waals surface area contributed by atoms with Gasteiger partial charge in [0.05, 0.1) is 0 Å². The quantitative estimate of drug-likeness (QED) is 0.322. The molecule has 5 rings (SSSR count). The minimum atomic E-state index is -0.213. The highest BCUT2D eigenvalue weighted by Crippen LogP contribution is 2.30. The largest absolute Gasteiger partial charge is 0.291 e. The predicted octanol–water partition coefficient (Wildman–Crippen LogP) is 5.88. The molecule has 34 heavy (non-hydrogen) atoms. The minimum Gasteiger partial charge on any atom is -0.291 e. The monoisotopic (exact) mass is 449 g/mol. The Labute approximate surface area is 197 Å². The number of aromatic nitrogens is 4. The Bertz CT molecular complexity index is 1320. The van der Waals surface area contributed by atoms with Crippen molar-refractivity contribution < 1.29 is 4.39 Å². The molecule has 0 amide bonds. The topological polar surface area (TPSA) is 57.7 Å². The predicted molar refractivity (Wildman–Crippen MR) is 131 cm³/mol. The van der Waals surface area contributed by atoms with Crippen LogP contribution in [0.4, 0.5) is 4.39 Å². The van der Waals surface area contributed by atoms with Gasteiger partial charge in [-0.1, -0.05) is 91.0 Å². The van der Waals surface area contributed by atoms with E-state index >= 15 is 0 Å². The van der Waals surface area contributed by atoms with Gasteiger partial charge < -0.3 is 0 Å². The summed E-state index contributed by atoms with van der Waals surface area (Å²) < 4.78 is 13.4. The van der Waals surface area contributed by atoms with Gasteiger partial charge in [-0.15, -0.1) is 10.2 Å². The molecule has 5 nitrogen and oxygen atoms in total. The average Bonchev–Trinajstić information content (AvgIpc) is 3.42. The van der Waals surface area contributed by atoms with Crippen molar-refractivity contribution in [3.05, 3.63) is 126 Å². The van der Waals surface area contributed by atoms with Crippen LogP contribution < -0.4 is 0 Å². The van der Waals surface area contributed by atoms with Gasteiger partial charge in [-0.25, -0.2) is 4.39 Å². The van der Waals surface area contributed by atoms with E-state index in [1.165, 1.54) is 23.3 Å². The molecule has 0 radical (unpaired) electrons. The van der Waals surface area contributed by atoms with Gasteiger partial charge in [0.2, 0.25) is 5.82 Å². The Balaban J connectivity index is 1.37. The maximum atomic E-state index is 13.4. The lowest BCUT2D eigenvalue weighted by Gasteiger charge is -2.23. The summed E-state index contributed by atoms with van der Waals surface area (Å²) in [7, 11) is 0. The average molecular weight is 450 g/mol. The van der Waals surface area contributed by atoms with Crippen molar-refractivity contribution in [2.24, 2.45) is 0 Å². The molecule has 0 saturated heterocycles. The van der Waals surface area contributed by atoms with E-state index in [9.17, 15) is 4.39 Å². The van der Waals surface area contributed by atoms with E-state index < -0.39 is 0 Å². The molecule has 1 N–H and O–H groups in total. The molecule has 0 fully saturated rings. The maximum Gasteiger partial charge on any atom is 0.205 e. The molecule has 0 aliphatic carbocycles. The van der Waals surface area contributed by atoms with Gasteiger partial charge in [-0.2, -0.15) is 5.21 Å². The zero-order chi connectivity index (χ0) is 23.2. The third kappa shape index (κ3) is 5.24. The van der Waals surface area contributed by atoms with Gasteiger partial charge in [-0.05, 0) is 45.2 Å². The molecule has 0 aliphatic heterocycles. The first-order valence-electron chi connectivity index (χ1n) is 11.2. The summed E-state index contributed by atoms with van der Waals surface area (Å²) >= 11 is 0. The molecule has 1 heterocycles.